The zero-order valence-corrected chi connectivity index (χ0v) is 17.7. The van der Waals surface area contributed by atoms with Gasteiger partial charge >= 0.3 is 0 Å². The first-order chi connectivity index (χ1) is 13.9. The van der Waals surface area contributed by atoms with Crippen LogP contribution in [-0.2, 0) is 5.34 Å². The second-order valence-corrected chi connectivity index (χ2v) is 8.83. The van der Waals surface area contributed by atoms with E-state index in [2.05, 4.69) is 61.4 Å². The molecular weight excluding hydrogens is 401 g/mol. The third-order valence-electron chi connectivity index (χ3n) is 5.80. The van der Waals surface area contributed by atoms with Gasteiger partial charge in [-0.25, -0.2) is 9.50 Å². The van der Waals surface area contributed by atoms with E-state index in [9.17, 15) is 0 Å². The van der Waals surface area contributed by atoms with Crippen LogP contribution in [0, 0.1) is 0 Å². The second-order valence-electron chi connectivity index (χ2n) is 8.01. The molecule has 0 saturated carbocycles. The lowest BCUT2D eigenvalue weighted by molar-refractivity contribution is 0.535. The fourth-order valence-electron chi connectivity index (χ4n) is 4.16. The summed E-state index contributed by atoms with van der Waals surface area (Å²) in [7, 11) is 4.45. The van der Waals surface area contributed by atoms with Crippen molar-refractivity contribution in [3.63, 3.8) is 0 Å². The summed E-state index contributed by atoms with van der Waals surface area (Å²) in [6, 6.07) is 16.7. The van der Waals surface area contributed by atoms with Crippen molar-refractivity contribution < 1.29 is 0 Å². The summed E-state index contributed by atoms with van der Waals surface area (Å²) in [5, 5.41) is 9.00. The minimum absolute atomic E-state index is 0.130. The Bertz CT molecular complexity index is 1240. The standard InChI is InChI=1S/C21H18B2Cl2N4/c22-21(23)17-7-12(14-3-6-20-26-11-28-29(20)10-14)1-4-15(17)16(9-27-21)13-2-5-18(24)19(25)8-13/h1-8,10-11,16,27H,9,22-23H2. The Morgan fingerprint density at radius 2 is 1.83 bits per heavy atom. The molecule has 0 radical (unpaired) electrons. The summed E-state index contributed by atoms with van der Waals surface area (Å²) in [5.74, 6) is 0.222. The maximum absolute atomic E-state index is 6.29. The largest absolute Gasteiger partial charge is 0.321 e. The molecule has 0 fully saturated rings. The molecule has 0 amide bonds. The monoisotopic (exact) mass is 418 g/mol. The molecule has 1 unspecified atom stereocenters. The summed E-state index contributed by atoms with van der Waals surface area (Å²) in [6.45, 7) is 0.849. The highest BCUT2D eigenvalue weighted by Crippen LogP contribution is 2.38. The Labute approximate surface area is 181 Å². The number of halogens is 2. The van der Waals surface area contributed by atoms with Crippen LogP contribution in [0.2, 0.25) is 10.0 Å². The maximum atomic E-state index is 6.29. The molecule has 1 N–H and O–H groups in total. The molecule has 1 aliphatic heterocycles. The average Bonchev–Trinajstić information content (AvgIpc) is 3.18. The molecule has 8 heteroatoms. The Morgan fingerprint density at radius 1 is 1.00 bits per heavy atom. The number of nitrogens with zero attached hydrogens (tertiary/aromatic N) is 3. The number of hydrogen-bond donors (Lipinski definition) is 1. The van der Waals surface area contributed by atoms with E-state index in [1.54, 1.807) is 10.8 Å². The van der Waals surface area contributed by atoms with Crippen LogP contribution in [0.1, 0.15) is 22.6 Å². The van der Waals surface area contributed by atoms with Crippen LogP contribution in [0.25, 0.3) is 16.8 Å². The minimum Gasteiger partial charge on any atom is -0.321 e. The SMILES string of the molecule is BC1(B)NCC(c2ccc(Cl)c(Cl)c2)c2ccc(-c3ccc4ncnn4c3)cc21. The van der Waals surface area contributed by atoms with Gasteiger partial charge in [0, 0.05) is 24.2 Å². The van der Waals surface area contributed by atoms with Gasteiger partial charge in [0.25, 0.3) is 0 Å². The Hall–Kier alpha value is -2.27. The first-order valence-electron chi connectivity index (χ1n) is 9.56. The molecule has 0 bridgehead atoms. The molecule has 4 nitrogen and oxygen atoms in total. The van der Waals surface area contributed by atoms with Crippen molar-refractivity contribution in [1.82, 2.24) is 19.9 Å². The summed E-state index contributed by atoms with van der Waals surface area (Å²) < 4.78 is 1.80. The molecule has 1 atom stereocenters. The number of pyridine rings is 1. The molecule has 2 aromatic carbocycles. The predicted octanol–water partition coefficient (Wildman–Crippen LogP) is 2.81. The lowest BCUT2D eigenvalue weighted by Gasteiger charge is -2.39. The number of nitrogens with one attached hydrogen (secondary N) is 1. The summed E-state index contributed by atoms with van der Waals surface area (Å²) in [5.41, 5.74) is 6.88. The lowest BCUT2D eigenvalue weighted by atomic mass is 9.54. The van der Waals surface area contributed by atoms with Crippen molar-refractivity contribution in [3.05, 3.63) is 87.8 Å². The molecule has 142 valence electrons. The first kappa shape index (κ1) is 18.7. The van der Waals surface area contributed by atoms with Gasteiger partial charge < -0.3 is 5.32 Å². The smallest absolute Gasteiger partial charge is 0.155 e. The zero-order chi connectivity index (χ0) is 20.2. The van der Waals surface area contributed by atoms with Crippen LogP contribution in [-0.4, -0.2) is 36.8 Å². The molecule has 0 aliphatic carbocycles. The van der Waals surface area contributed by atoms with E-state index < -0.39 is 0 Å². The maximum Gasteiger partial charge on any atom is 0.155 e. The minimum atomic E-state index is -0.130. The molecule has 4 aromatic rings. The van der Waals surface area contributed by atoms with Crippen molar-refractivity contribution in [3.8, 4) is 11.1 Å². The van der Waals surface area contributed by atoms with Crippen LogP contribution >= 0.6 is 23.2 Å². The van der Waals surface area contributed by atoms with E-state index >= 15 is 0 Å². The normalized spacial score (nSPS) is 17.9. The molecular formula is C21H18B2Cl2N4. The van der Waals surface area contributed by atoms with Crippen LogP contribution in [0.15, 0.2) is 61.1 Å². The third-order valence-corrected chi connectivity index (χ3v) is 6.54. The Morgan fingerprint density at radius 3 is 2.66 bits per heavy atom. The summed E-state index contributed by atoms with van der Waals surface area (Å²) >= 11 is 12.4. The molecule has 2 aromatic heterocycles. The third kappa shape index (κ3) is 3.25. The van der Waals surface area contributed by atoms with Crippen LogP contribution < -0.4 is 5.32 Å². The van der Waals surface area contributed by atoms with Gasteiger partial charge in [0.1, 0.15) is 22.0 Å². The topological polar surface area (TPSA) is 42.2 Å². The van der Waals surface area contributed by atoms with Crippen molar-refractivity contribution >= 4 is 44.5 Å². The van der Waals surface area contributed by atoms with Gasteiger partial charge in [0.2, 0.25) is 0 Å². The van der Waals surface area contributed by atoms with Gasteiger partial charge in [-0.05, 0) is 51.9 Å². The first-order valence-corrected chi connectivity index (χ1v) is 10.3. The van der Waals surface area contributed by atoms with E-state index in [-0.39, 0.29) is 11.3 Å². The van der Waals surface area contributed by atoms with Crippen molar-refractivity contribution in [2.75, 3.05) is 6.54 Å². The van der Waals surface area contributed by atoms with Crippen molar-refractivity contribution in [1.29, 1.82) is 0 Å². The van der Waals surface area contributed by atoms with Crippen LogP contribution in [0.3, 0.4) is 0 Å². The Balaban J connectivity index is 1.62. The van der Waals surface area contributed by atoms with Crippen molar-refractivity contribution in [2.24, 2.45) is 0 Å². The molecule has 0 saturated heterocycles. The molecule has 5 rings (SSSR count). The zero-order valence-electron chi connectivity index (χ0n) is 16.2. The Kier molecular flexibility index (Phi) is 4.46. The highest BCUT2D eigenvalue weighted by molar-refractivity contribution is 6.42. The van der Waals surface area contributed by atoms with Gasteiger partial charge in [-0.3, -0.25) is 0 Å². The molecule has 0 spiro atoms. The predicted molar refractivity (Wildman–Crippen MR) is 123 cm³/mol. The quantitative estimate of drug-likeness (QED) is 0.509. The molecule has 1 aliphatic rings. The average molecular weight is 419 g/mol. The number of benzene rings is 2. The molecule has 3 heterocycles. The van der Waals surface area contributed by atoms with Gasteiger partial charge in [0.05, 0.1) is 10.0 Å². The van der Waals surface area contributed by atoms with Crippen molar-refractivity contribution in [2.45, 2.75) is 11.3 Å². The number of rotatable bonds is 2. The van der Waals surface area contributed by atoms with E-state index in [0.29, 0.717) is 10.0 Å². The summed E-state index contributed by atoms with van der Waals surface area (Å²) in [6.07, 6.45) is 3.59. The van der Waals surface area contributed by atoms with E-state index in [0.717, 1.165) is 23.3 Å². The van der Waals surface area contributed by atoms with E-state index in [4.69, 9.17) is 23.2 Å². The highest BCUT2D eigenvalue weighted by Gasteiger charge is 2.33. The van der Waals surface area contributed by atoms with E-state index in [1.807, 2.05) is 24.4 Å². The fourth-order valence-corrected chi connectivity index (χ4v) is 4.46. The van der Waals surface area contributed by atoms with Crippen LogP contribution in [0.4, 0.5) is 0 Å². The van der Waals surface area contributed by atoms with Gasteiger partial charge in [-0.1, -0.05) is 47.5 Å². The fraction of sp³-hybridized carbons (Fsp3) is 0.143. The van der Waals surface area contributed by atoms with E-state index in [1.165, 1.54) is 16.7 Å². The van der Waals surface area contributed by atoms with Gasteiger partial charge in [0.15, 0.2) is 5.65 Å². The van der Waals surface area contributed by atoms with Crippen LogP contribution in [0.5, 0.6) is 0 Å². The number of aromatic nitrogens is 3. The second kappa shape index (κ2) is 6.91. The molecule has 29 heavy (non-hydrogen) atoms. The van der Waals surface area contributed by atoms with Gasteiger partial charge in [-0.15, -0.1) is 0 Å². The number of hydrogen-bond acceptors (Lipinski definition) is 3. The lowest BCUT2D eigenvalue weighted by Crippen LogP contribution is -2.50. The number of fused-ring (bicyclic) bond motifs is 2. The van der Waals surface area contributed by atoms with Gasteiger partial charge in [-0.2, -0.15) is 5.10 Å². The highest BCUT2D eigenvalue weighted by atomic mass is 35.5. The summed E-state index contributed by atoms with van der Waals surface area (Å²) in [4.78, 5) is 4.23.